The van der Waals surface area contributed by atoms with Gasteiger partial charge in [0.15, 0.2) is 25.2 Å². The molecule has 0 aromatic carbocycles. The lowest BCUT2D eigenvalue weighted by Gasteiger charge is -2.46. The first-order valence-electron chi connectivity index (χ1n) is 14.7. The Labute approximate surface area is 263 Å². The Morgan fingerprint density at radius 1 is 0.674 bits per heavy atom. The molecule has 20 heteroatoms. The van der Waals surface area contributed by atoms with E-state index in [0.717, 1.165) is 6.92 Å². The molecule has 0 spiro atoms. The van der Waals surface area contributed by atoms with Gasteiger partial charge in [0, 0.05) is 0 Å². The van der Waals surface area contributed by atoms with Crippen molar-refractivity contribution in [2.45, 2.75) is 137 Å². The van der Waals surface area contributed by atoms with E-state index < -0.39 is 143 Å². The molecule has 46 heavy (non-hydrogen) atoms. The van der Waals surface area contributed by atoms with Gasteiger partial charge in [0.1, 0.15) is 86.0 Å². The number of hydrogen-bond donors (Lipinski definition) is 13. The maximum absolute atomic E-state index is 10.9. The van der Waals surface area contributed by atoms with Crippen LogP contribution in [0.15, 0.2) is 0 Å². The van der Waals surface area contributed by atoms with Crippen LogP contribution < -0.4 is 0 Å². The SMILES string of the molecule is CC(O)C(O)C(OC(O)COC1OC(CO)C(O)C(O)C1O)OC1C(CO)OC(OCC2OC(C)(C)C(O)[C@@H](O)C2O)C(O)C1O. The lowest BCUT2D eigenvalue weighted by atomic mass is 9.87. The molecule has 0 aromatic heterocycles. The Balaban J connectivity index is 1.63. The van der Waals surface area contributed by atoms with Crippen molar-refractivity contribution in [3.05, 3.63) is 0 Å². The molecule has 0 aliphatic carbocycles. The fraction of sp³-hybridized carbons (Fsp3) is 1.00. The zero-order chi connectivity index (χ0) is 34.7. The molecule has 18 atom stereocenters. The topological polar surface area (TPSA) is 328 Å². The summed E-state index contributed by atoms with van der Waals surface area (Å²) in [6, 6.07) is 0. The van der Waals surface area contributed by atoms with Crippen LogP contribution in [0.4, 0.5) is 0 Å². The van der Waals surface area contributed by atoms with Crippen LogP contribution in [0.5, 0.6) is 0 Å². The average Bonchev–Trinajstić information content (AvgIpc) is 3.01. The molecule has 3 fully saturated rings. The Hall–Kier alpha value is -0.800. The van der Waals surface area contributed by atoms with Gasteiger partial charge in [0.2, 0.25) is 0 Å². The van der Waals surface area contributed by atoms with Crippen molar-refractivity contribution in [2.75, 3.05) is 26.4 Å². The normalized spacial score (nSPS) is 44.3. The standard InChI is InChI=1S/C26H48O20/c1-8(29)13(31)25(44-12(30)7-41-23-19(37)16(34)14(32)9(4-27)42-23)45-21-10(5-28)43-24(20(38)17(21)35)40-6-11-15(33)18(36)22(39)26(2,3)46-11/h8-25,27-39H,4-7H2,1-3H3/t8?,9?,10?,11?,12?,13?,14?,15?,16?,17?,18-,19?,20?,21?,22?,23?,24?,25?/m0/s1. The molecule has 20 nitrogen and oxygen atoms in total. The van der Waals surface area contributed by atoms with Crippen molar-refractivity contribution < 1.29 is 99.5 Å². The minimum absolute atomic E-state index is 0.500. The van der Waals surface area contributed by atoms with E-state index in [1.54, 1.807) is 0 Å². The van der Waals surface area contributed by atoms with Crippen LogP contribution in [0.1, 0.15) is 20.8 Å². The maximum Gasteiger partial charge on any atom is 0.189 e. The van der Waals surface area contributed by atoms with Crippen LogP contribution in [-0.2, 0) is 33.2 Å². The van der Waals surface area contributed by atoms with E-state index in [9.17, 15) is 66.4 Å². The highest BCUT2D eigenvalue weighted by Gasteiger charge is 2.51. The van der Waals surface area contributed by atoms with Gasteiger partial charge in [-0.25, -0.2) is 0 Å². The first kappa shape index (κ1) is 39.6. The molecule has 0 saturated carbocycles. The van der Waals surface area contributed by atoms with Crippen LogP contribution >= 0.6 is 0 Å². The molecule has 0 amide bonds. The summed E-state index contributed by atoms with van der Waals surface area (Å²) in [6.45, 7) is 1.16. The zero-order valence-corrected chi connectivity index (χ0v) is 25.4. The number of aliphatic hydroxyl groups is 13. The fourth-order valence-electron chi connectivity index (χ4n) is 5.18. The zero-order valence-electron chi connectivity index (χ0n) is 25.4. The quantitative estimate of drug-likeness (QED) is 0.0757. The van der Waals surface area contributed by atoms with Gasteiger partial charge in [-0.1, -0.05) is 0 Å². The molecule has 0 aromatic rings. The van der Waals surface area contributed by atoms with Gasteiger partial charge in [-0.3, -0.25) is 0 Å². The Morgan fingerprint density at radius 3 is 1.80 bits per heavy atom. The second-order valence-corrected chi connectivity index (χ2v) is 12.0. The summed E-state index contributed by atoms with van der Waals surface area (Å²) in [5.74, 6) is 0. The fourth-order valence-corrected chi connectivity index (χ4v) is 5.18. The van der Waals surface area contributed by atoms with Crippen LogP contribution in [0.25, 0.3) is 0 Å². The van der Waals surface area contributed by atoms with Gasteiger partial charge >= 0.3 is 0 Å². The molecular weight excluding hydrogens is 632 g/mol. The molecule has 13 N–H and O–H groups in total. The molecule has 3 heterocycles. The average molecular weight is 681 g/mol. The smallest absolute Gasteiger partial charge is 0.189 e. The monoisotopic (exact) mass is 680 g/mol. The van der Waals surface area contributed by atoms with Gasteiger partial charge in [-0.2, -0.15) is 0 Å². The molecule has 3 saturated heterocycles. The van der Waals surface area contributed by atoms with E-state index in [2.05, 4.69) is 0 Å². The van der Waals surface area contributed by atoms with E-state index >= 15 is 0 Å². The molecule has 17 unspecified atom stereocenters. The first-order chi connectivity index (χ1) is 21.4. The lowest BCUT2D eigenvalue weighted by molar-refractivity contribution is -0.361. The van der Waals surface area contributed by atoms with Crippen molar-refractivity contribution in [2.24, 2.45) is 0 Å². The van der Waals surface area contributed by atoms with Gasteiger partial charge in [0.05, 0.1) is 31.5 Å². The predicted molar refractivity (Wildman–Crippen MR) is 144 cm³/mol. The van der Waals surface area contributed by atoms with E-state index in [4.69, 9.17) is 33.2 Å². The van der Waals surface area contributed by atoms with Crippen LogP contribution in [-0.4, -0.2) is 209 Å². The highest BCUT2D eigenvalue weighted by atomic mass is 16.8. The van der Waals surface area contributed by atoms with Crippen LogP contribution in [0.3, 0.4) is 0 Å². The van der Waals surface area contributed by atoms with Gasteiger partial charge in [0.25, 0.3) is 0 Å². The number of hydrogen-bond acceptors (Lipinski definition) is 20. The van der Waals surface area contributed by atoms with Crippen LogP contribution in [0.2, 0.25) is 0 Å². The van der Waals surface area contributed by atoms with Crippen LogP contribution in [0, 0.1) is 0 Å². The summed E-state index contributed by atoms with van der Waals surface area (Å²) in [5.41, 5.74) is -1.28. The van der Waals surface area contributed by atoms with E-state index in [1.165, 1.54) is 13.8 Å². The van der Waals surface area contributed by atoms with Crippen molar-refractivity contribution in [3.63, 3.8) is 0 Å². The Morgan fingerprint density at radius 2 is 1.22 bits per heavy atom. The van der Waals surface area contributed by atoms with Crippen molar-refractivity contribution in [1.29, 1.82) is 0 Å². The van der Waals surface area contributed by atoms with E-state index in [1.807, 2.05) is 0 Å². The van der Waals surface area contributed by atoms with Gasteiger partial charge in [-0.15, -0.1) is 0 Å². The van der Waals surface area contributed by atoms with E-state index in [-0.39, 0.29) is 0 Å². The third-order valence-electron chi connectivity index (χ3n) is 8.07. The summed E-state index contributed by atoms with van der Waals surface area (Å²) in [4.78, 5) is 0. The van der Waals surface area contributed by atoms with Crippen molar-refractivity contribution in [3.8, 4) is 0 Å². The van der Waals surface area contributed by atoms with Gasteiger partial charge in [-0.05, 0) is 20.8 Å². The predicted octanol–water partition coefficient (Wildman–Crippen LogP) is -7.69. The number of aliphatic hydroxyl groups excluding tert-OH is 13. The summed E-state index contributed by atoms with van der Waals surface area (Å²) in [6.07, 6.45) is -30.0. The molecule has 272 valence electrons. The Bertz CT molecular complexity index is 909. The lowest BCUT2D eigenvalue weighted by Crippen LogP contribution is -2.64. The number of ether oxygens (including phenoxy) is 7. The molecule has 3 aliphatic rings. The number of rotatable bonds is 14. The van der Waals surface area contributed by atoms with Crippen molar-refractivity contribution in [1.82, 2.24) is 0 Å². The molecule has 0 bridgehead atoms. The third-order valence-corrected chi connectivity index (χ3v) is 8.07. The molecular formula is C26H48O20. The molecule has 3 aliphatic heterocycles. The summed E-state index contributed by atoms with van der Waals surface area (Å²) in [7, 11) is 0. The van der Waals surface area contributed by atoms with Crippen molar-refractivity contribution >= 4 is 0 Å². The Kier molecular flexibility index (Phi) is 14.4. The summed E-state index contributed by atoms with van der Waals surface area (Å²) < 4.78 is 37.7. The van der Waals surface area contributed by atoms with E-state index in [0.29, 0.717) is 0 Å². The van der Waals surface area contributed by atoms with Gasteiger partial charge < -0.3 is 99.5 Å². The minimum atomic E-state index is -2.00. The molecule has 3 rings (SSSR count). The minimum Gasteiger partial charge on any atom is -0.394 e. The second-order valence-electron chi connectivity index (χ2n) is 12.0. The maximum atomic E-state index is 10.9. The third kappa shape index (κ3) is 9.05. The first-order valence-corrected chi connectivity index (χ1v) is 14.7. The highest BCUT2D eigenvalue weighted by Crippen LogP contribution is 2.32. The summed E-state index contributed by atoms with van der Waals surface area (Å²) >= 11 is 0. The molecule has 0 radical (unpaired) electrons. The summed E-state index contributed by atoms with van der Waals surface area (Å²) in [5, 5.41) is 132. The highest BCUT2D eigenvalue weighted by molar-refractivity contribution is 4.98. The second kappa shape index (κ2) is 16.7. The largest absolute Gasteiger partial charge is 0.394 e.